The van der Waals surface area contributed by atoms with Crippen molar-refractivity contribution in [1.29, 1.82) is 0 Å². The molecule has 2 aliphatic rings. The summed E-state index contributed by atoms with van der Waals surface area (Å²) in [5.41, 5.74) is 0. The Hall–Kier alpha value is -0.0800. The zero-order valence-corrected chi connectivity index (χ0v) is 10.0. The predicted octanol–water partition coefficient (Wildman–Crippen LogP) is 2.72. The summed E-state index contributed by atoms with van der Waals surface area (Å²) in [6.07, 6.45) is 10.0. The summed E-state index contributed by atoms with van der Waals surface area (Å²) in [5.74, 6) is 1.01. The molecule has 0 unspecified atom stereocenters. The fourth-order valence-electron chi connectivity index (χ4n) is 2.88. The van der Waals surface area contributed by atoms with Crippen LogP contribution in [0.5, 0.6) is 0 Å². The van der Waals surface area contributed by atoms with Gasteiger partial charge in [-0.25, -0.2) is 0 Å². The van der Waals surface area contributed by atoms with Gasteiger partial charge in [0.2, 0.25) is 0 Å². The monoisotopic (exact) mass is 211 g/mol. The first-order chi connectivity index (χ1) is 7.38. The van der Waals surface area contributed by atoms with Crippen LogP contribution in [-0.2, 0) is 4.74 Å². The molecule has 2 nitrogen and oxygen atoms in total. The minimum Gasteiger partial charge on any atom is -0.377 e. The van der Waals surface area contributed by atoms with E-state index in [0.29, 0.717) is 6.10 Å². The minimum absolute atomic E-state index is 0.508. The van der Waals surface area contributed by atoms with E-state index >= 15 is 0 Å². The van der Waals surface area contributed by atoms with Gasteiger partial charge in [0.1, 0.15) is 0 Å². The molecule has 2 heteroatoms. The number of nitrogens with one attached hydrogen (secondary N) is 1. The maximum Gasteiger partial charge on any atom is 0.0700 e. The standard InChI is InChI=1S/C13H25NO/c1-2-11-5-7-12(8-6-11)14-10-13-4-3-9-15-13/h11-14H,2-10H2,1H3/t11?,12?,13-/m1/s1. The number of ether oxygens (including phenoxy) is 1. The summed E-state index contributed by atoms with van der Waals surface area (Å²) in [5, 5.41) is 3.68. The average Bonchev–Trinajstić information content (AvgIpc) is 2.80. The summed E-state index contributed by atoms with van der Waals surface area (Å²) in [7, 11) is 0. The van der Waals surface area contributed by atoms with Crippen molar-refractivity contribution >= 4 is 0 Å². The molecule has 1 atom stereocenters. The molecular weight excluding hydrogens is 186 g/mol. The zero-order chi connectivity index (χ0) is 10.5. The van der Waals surface area contributed by atoms with Crippen LogP contribution < -0.4 is 5.32 Å². The van der Waals surface area contributed by atoms with Crippen molar-refractivity contribution in [2.45, 2.75) is 64.0 Å². The van der Waals surface area contributed by atoms with Crippen LogP contribution in [0.4, 0.5) is 0 Å². The van der Waals surface area contributed by atoms with Gasteiger partial charge in [0.05, 0.1) is 6.10 Å². The van der Waals surface area contributed by atoms with Crippen molar-refractivity contribution in [3.8, 4) is 0 Å². The highest BCUT2D eigenvalue weighted by Gasteiger charge is 2.21. The van der Waals surface area contributed by atoms with Crippen LogP contribution >= 0.6 is 0 Å². The Labute approximate surface area is 93.8 Å². The first-order valence-electron chi connectivity index (χ1n) is 6.73. The quantitative estimate of drug-likeness (QED) is 0.772. The molecule has 1 aliphatic carbocycles. The van der Waals surface area contributed by atoms with Gasteiger partial charge in [-0.05, 0) is 44.4 Å². The van der Waals surface area contributed by atoms with Crippen LogP contribution in [0.2, 0.25) is 0 Å². The third kappa shape index (κ3) is 3.46. The third-order valence-electron chi connectivity index (χ3n) is 4.08. The molecule has 1 heterocycles. The van der Waals surface area contributed by atoms with Crippen LogP contribution in [0.25, 0.3) is 0 Å². The second-order valence-electron chi connectivity index (χ2n) is 5.17. The molecule has 1 saturated heterocycles. The van der Waals surface area contributed by atoms with Crippen LogP contribution in [0.15, 0.2) is 0 Å². The Morgan fingerprint density at radius 1 is 1.13 bits per heavy atom. The molecule has 2 fully saturated rings. The van der Waals surface area contributed by atoms with E-state index in [1.807, 2.05) is 0 Å². The molecule has 0 spiro atoms. The summed E-state index contributed by atoms with van der Waals surface area (Å²) >= 11 is 0. The zero-order valence-electron chi connectivity index (χ0n) is 10.0. The fourth-order valence-corrected chi connectivity index (χ4v) is 2.88. The van der Waals surface area contributed by atoms with Crippen LogP contribution in [-0.4, -0.2) is 25.3 Å². The molecule has 0 amide bonds. The summed E-state index contributed by atoms with van der Waals surface area (Å²) in [4.78, 5) is 0. The highest BCUT2D eigenvalue weighted by atomic mass is 16.5. The maximum absolute atomic E-state index is 5.62. The number of hydrogen-bond donors (Lipinski definition) is 1. The Morgan fingerprint density at radius 2 is 1.93 bits per heavy atom. The maximum atomic E-state index is 5.62. The SMILES string of the molecule is CCC1CCC(NC[C@H]2CCCO2)CC1. The molecule has 1 saturated carbocycles. The van der Waals surface area contributed by atoms with Crippen molar-refractivity contribution in [1.82, 2.24) is 5.32 Å². The third-order valence-corrected chi connectivity index (χ3v) is 4.08. The van der Waals surface area contributed by atoms with E-state index in [2.05, 4.69) is 12.2 Å². The van der Waals surface area contributed by atoms with Gasteiger partial charge in [-0.1, -0.05) is 13.3 Å². The summed E-state index contributed by atoms with van der Waals surface area (Å²) in [6, 6.07) is 0.775. The Morgan fingerprint density at radius 3 is 2.53 bits per heavy atom. The molecule has 0 aromatic rings. The van der Waals surface area contributed by atoms with Crippen molar-refractivity contribution in [2.75, 3.05) is 13.2 Å². The van der Waals surface area contributed by atoms with Crippen molar-refractivity contribution in [3.63, 3.8) is 0 Å². The normalized spacial score (nSPS) is 37.0. The average molecular weight is 211 g/mol. The second-order valence-corrected chi connectivity index (χ2v) is 5.17. The minimum atomic E-state index is 0.508. The van der Waals surface area contributed by atoms with E-state index in [0.717, 1.165) is 25.1 Å². The predicted molar refractivity (Wildman–Crippen MR) is 63.0 cm³/mol. The Kier molecular flexibility index (Phi) is 4.45. The second kappa shape index (κ2) is 5.86. The fraction of sp³-hybridized carbons (Fsp3) is 1.00. The lowest BCUT2D eigenvalue weighted by Crippen LogP contribution is -2.37. The molecule has 88 valence electrons. The Balaban J connectivity index is 1.59. The van der Waals surface area contributed by atoms with Crippen molar-refractivity contribution in [2.24, 2.45) is 5.92 Å². The first kappa shape index (κ1) is 11.4. The molecular formula is C13H25NO. The van der Waals surface area contributed by atoms with E-state index < -0.39 is 0 Å². The van der Waals surface area contributed by atoms with E-state index in [9.17, 15) is 0 Å². The van der Waals surface area contributed by atoms with Gasteiger partial charge < -0.3 is 10.1 Å². The van der Waals surface area contributed by atoms with Gasteiger partial charge in [0.25, 0.3) is 0 Å². The van der Waals surface area contributed by atoms with Crippen LogP contribution in [0, 0.1) is 5.92 Å². The molecule has 15 heavy (non-hydrogen) atoms. The molecule has 0 aromatic carbocycles. The van der Waals surface area contributed by atoms with Gasteiger partial charge in [0.15, 0.2) is 0 Å². The Bertz CT molecular complexity index is 169. The first-order valence-corrected chi connectivity index (χ1v) is 6.73. The van der Waals surface area contributed by atoms with E-state index in [4.69, 9.17) is 4.74 Å². The van der Waals surface area contributed by atoms with Crippen LogP contribution in [0.1, 0.15) is 51.9 Å². The van der Waals surface area contributed by atoms with Gasteiger partial charge >= 0.3 is 0 Å². The van der Waals surface area contributed by atoms with E-state index in [1.54, 1.807) is 0 Å². The number of hydrogen-bond acceptors (Lipinski definition) is 2. The lowest BCUT2D eigenvalue weighted by Gasteiger charge is -2.29. The van der Waals surface area contributed by atoms with E-state index in [1.165, 1.54) is 44.9 Å². The highest BCUT2D eigenvalue weighted by Crippen LogP contribution is 2.26. The lowest BCUT2D eigenvalue weighted by molar-refractivity contribution is 0.104. The van der Waals surface area contributed by atoms with Gasteiger partial charge in [-0.3, -0.25) is 0 Å². The van der Waals surface area contributed by atoms with E-state index in [-0.39, 0.29) is 0 Å². The van der Waals surface area contributed by atoms with Gasteiger partial charge in [-0.15, -0.1) is 0 Å². The summed E-state index contributed by atoms with van der Waals surface area (Å²) < 4.78 is 5.62. The lowest BCUT2D eigenvalue weighted by atomic mass is 9.84. The highest BCUT2D eigenvalue weighted by molar-refractivity contribution is 4.78. The molecule has 0 aromatic heterocycles. The van der Waals surface area contributed by atoms with Gasteiger partial charge in [0, 0.05) is 19.2 Å². The molecule has 1 N–H and O–H groups in total. The smallest absolute Gasteiger partial charge is 0.0700 e. The topological polar surface area (TPSA) is 21.3 Å². The largest absolute Gasteiger partial charge is 0.377 e. The molecule has 0 radical (unpaired) electrons. The molecule has 0 bridgehead atoms. The molecule has 1 aliphatic heterocycles. The molecule has 2 rings (SSSR count). The summed E-state index contributed by atoms with van der Waals surface area (Å²) in [6.45, 7) is 4.39. The van der Waals surface area contributed by atoms with Crippen molar-refractivity contribution < 1.29 is 4.74 Å². The van der Waals surface area contributed by atoms with Crippen molar-refractivity contribution in [3.05, 3.63) is 0 Å². The number of rotatable bonds is 4. The van der Waals surface area contributed by atoms with Crippen LogP contribution in [0.3, 0.4) is 0 Å². The van der Waals surface area contributed by atoms with Gasteiger partial charge in [-0.2, -0.15) is 0 Å².